The molecule has 0 unspecified atom stereocenters. The van der Waals surface area contributed by atoms with Crippen LogP contribution in [0.1, 0.15) is 21.7 Å². The smallest absolute Gasteiger partial charge is 0.151 e. The quantitative estimate of drug-likeness (QED) is 0.781. The predicted molar refractivity (Wildman–Crippen MR) is 76.2 cm³/mol. The van der Waals surface area contributed by atoms with Gasteiger partial charge in [-0.15, -0.1) is 0 Å². The minimum absolute atomic E-state index is 0.552. The van der Waals surface area contributed by atoms with E-state index in [9.17, 15) is 4.79 Å². The lowest BCUT2D eigenvalue weighted by Crippen LogP contribution is -2.10. The molecule has 0 radical (unpaired) electrons. The zero-order chi connectivity index (χ0) is 13.8. The molecule has 1 aromatic heterocycles. The topological polar surface area (TPSA) is 31.2 Å². The number of ether oxygens (including phenoxy) is 1. The lowest BCUT2D eigenvalue weighted by Gasteiger charge is -2.11. The largest absolute Gasteiger partial charge is 0.492 e. The van der Waals surface area contributed by atoms with E-state index in [4.69, 9.17) is 16.3 Å². The summed E-state index contributed by atoms with van der Waals surface area (Å²) in [5.74, 6) is 0.794. The molecule has 3 nitrogen and oxygen atoms in total. The van der Waals surface area contributed by atoms with Gasteiger partial charge in [0.05, 0.1) is 6.54 Å². The van der Waals surface area contributed by atoms with Crippen molar-refractivity contribution in [2.75, 3.05) is 6.61 Å². The van der Waals surface area contributed by atoms with Crippen molar-refractivity contribution in [3.63, 3.8) is 0 Å². The molecule has 0 aliphatic heterocycles. The summed E-state index contributed by atoms with van der Waals surface area (Å²) >= 11 is 5.81. The van der Waals surface area contributed by atoms with E-state index in [1.807, 2.05) is 32.0 Å². The van der Waals surface area contributed by atoms with E-state index in [-0.39, 0.29) is 0 Å². The lowest BCUT2D eigenvalue weighted by molar-refractivity contribution is 0.112. The van der Waals surface area contributed by atoms with Crippen molar-refractivity contribution in [3.8, 4) is 5.75 Å². The van der Waals surface area contributed by atoms with Gasteiger partial charge >= 0.3 is 0 Å². The van der Waals surface area contributed by atoms with Gasteiger partial charge in [-0.1, -0.05) is 11.6 Å². The Labute approximate surface area is 117 Å². The van der Waals surface area contributed by atoms with Gasteiger partial charge in [-0.3, -0.25) is 4.79 Å². The first kappa shape index (κ1) is 13.7. The van der Waals surface area contributed by atoms with Crippen LogP contribution in [-0.4, -0.2) is 17.5 Å². The highest BCUT2D eigenvalue weighted by atomic mass is 35.5. The Morgan fingerprint density at radius 2 is 1.95 bits per heavy atom. The molecular weight excluding hydrogens is 262 g/mol. The molecule has 0 aliphatic carbocycles. The molecule has 0 amide bonds. The third-order valence-electron chi connectivity index (χ3n) is 3.14. The van der Waals surface area contributed by atoms with Crippen molar-refractivity contribution in [1.29, 1.82) is 0 Å². The highest BCUT2D eigenvalue weighted by molar-refractivity contribution is 6.30. The molecule has 1 aromatic carbocycles. The zero-order valence-electron chi connectivity index (χ0n) is 11.0. The SMILES string of the molecule is Cc1cc(C=O)c(C)n1CCOc1ccc(Cl)cc1. The standard InChI is InChI=1S/C15H16ClNO2/c1-11-9-13(10-18)12(2)17(11)7-8-19-15-5-3-14(16)4-6-15/h3-6,9-10H,7-8H2,1-2H3. The van der Waals surface area contributed by atoms with Crippen LogP contribution in [0.4, 0.5) is 0 Å². The van der Waals surface area contributed by atoms with Gasteiger partial charge in [0, 0.05) is 22.0 Å². The second-order valence-electron chi connectivity index (χ2n) is 4.40. The van der Waals surface area contributed by atoms with E-state index in [2.05, 4.69) is 4.57 Å². The second-order valence-corrected chi connectivity index (χ2v) is 4.83. The first-order valence-corrected chi connectivity index (χ1v) is 6.50. The fourth-order valence-corrected chi connectivity index (χ4v) is 2.20. The third kappa shape index (κ3) is 3.18. The first-order chi connectivity index (χ1) is 9.11. The van der Waals surface area contributed by atoms with Crippen LogP contribution in [0.25, 0.3) is 0 Å². The number of aryl methyl sites for hydroxylation is 1. The van der Waals surface area contributed by atoms with Crippen molar-refractivity contribution < 1.29 is 9.53 Å². The summed E-state index contributed by atoms with van der Waals surface area (Å²) in [5.41, 5.74) is 2.79. The number of nitrogens with zero attached hydrogens (tertiary/aromatic N) is 1. The van der Waals surface area contributed by atoms with E-state index in [0.717, 1.165) is 29.0 Å². The van der Waals surface area contributed by atoms with E-state index in [1.54, 1.807) is 12.1 Å². The zero-order valence-corrected chi connectivity index (χ0v) is 11.8. The Morgan fingerprint density at radius 1 is 1.26 bits per heavy atom. The first-order valence-electron chi connectivity index (χ1n) is 6.12. The Kier molecular flexibility index (Phi) is 4.27. The highest BCUT2D eigenvalue weighted by Crippen LogP contribution is 2.16. The van der Waals surface area contributed by atoms with Gasteiger partial charge in [-0.2, -0.15) is 0 Å². The van der Waals surface area contributed by atoms with Gasteiger partial charge < -0.3 is 9.30 Å². The lowest BCUT2D eigenvalue weighted by atomic mass is 10.3. The second kappa shape index (κ2) is 5.93. The maximum absolute atomic E-state index is 10.9. The van der Waals surface area contributed by atoms with Crippen LogP contribution in [-0.2, 0) is 6.54 Å². The third-order valence-corrected chi connectivity index (χ3v) is 3.39. The highest BCUT2D eigenvalue weighted by Gasteiger charge is 2.07. The van der Waals surface area contributed by atoms with Crippen LogP contribution >= 0.6 is 11.6 Å². The summed E-state index contributed by atoms with van der Waals surface area (Å²) in [5, 5.41) is 0.695. The fraction of sp³-hybridized carbons (Fsp3) is 0.267. The van der Waals surface area contributed by atoms with Crippen molar-refractivity contribution in [2.45, 2.75) is 20.4 Å². The minimum Gasteiger partial charge on any atom is -0.492 e. The Balaban J connectivity index is 1.97. The van der Waals surface area contributed by atoms with Crippen LogP contribution in [0, 0.1) is 13.8 Å². The number of carbonyl (C=O) groups excluding carboxylic acids is 1. The van der Waals surface area contributed by atoms with Gasteiger partial charge in [-0.25, -0.2) is 0 Å². The number of halogens is 1. The molecule has 19 heavy (non-hydrogen) atoms. The molecule has 0 fully saturated rings. The van der Waals surface area contributed by atoms with Crippen LogP contribution in [0.3, 0.4) is 0 Å². The molecule has 0 aliphatic rings. The Morgan fingerprint density at radius 3 is 2.53 bits per heavy atom. The van der Waals surface area contributed by atoms with Crippen molar-refractivity contribution in [1.82, 2.24) is 4.57 Å². The number of aldehydes is 1. The number of hydrogen-bond acceptors (Lipinski definition) is 2. The van der Waals surface area contributed by atoms with Crippen molar-refractivity contribution in [2.24, 2.45) is 0 Å². The molecule has 0 bridgehead atoms. The summed E-state index contributed by atoms with van der Waals surface area (Å²) in [7, 11) is 0. The van der Waals surface area contributed by atoms with E-state index in [1.165, 1.54) is 0 Å². The van der Waals surface area contributed by atoms with Crippen LogP contribution in [0.5, 0.6) is 5.75 Å². The average molecular weight is 278 g/mol. The number of rotatable bonds is 5. The molecule has 0 N–H and O–H groups in total. The maximum Gasteiger partial charge on any atom is 0.151 e. The molecule has 1 heterocycles. The fourth-order valence-electron chi connectivity index (χ4n) is 2.08. The summed E-state index contributed by atoms with van der Waals surface area (Å²) in [6.45, 7) is 5.20. The molecule has 0 spiro atoms. The van der Waals surface area contributed by atoms with Crippen molar-refractivity contribution >= 4 is 17.9 Å². The summed E-state index contributed by atoms with van der Waals surface area (Å²) in [4.78, 5) is 10.9. The molecule has 0 atom stereocenters. The molecule has 0 saturated heterocycles. The molecule has 100 valence electrons. The molecule has 4 heteroatoms. The van der Waals surface area contributed by atoms with Gasteiger partial charge in [0.25, 0.3) is 0 Å². The minimum atomic E-state index is 0.552. The Bertz CT molecular complexity index is 573. The molecule has 0 saturated carbocycles. The van der Waals surface area contributed by atoms with Gasteiger partial charge in [0.2, 0.25) is 0 Å². The van der Waals surface area contributed by atoms with E-state index < -0.39 is 0 Å². The van der Waals surface area contributed by atoms with E-state index >= 15 is 0 Å². The average Bonchev–Trinajstić information content (AvgIpc) is 2.68. The monoisotopic (exact) mass is 277 g/mol. The summed E-state index contributed by atoms with van der Waals surface area (Å²) < 4.78 is 7.73. The van der Waals surface area contributed by atoms with Crippen molar-refractivity contribution in [3.05, 3.63) is 52.3 Å². The number of hydrogen-bond donors (Lipinski definition) is 0. The summed E-state index contributed by atoms with van der Waals surface area (Å²) in [6.07, 6.45) is 0.888. The number of aromatic nitrogens is 1. The van der Waals surface area contributed by atoms with Gasteiger partial charge in [0.15, 0.2) is 6.29 Å². The number of carbonyl (C=O) groups is 1. The van der Waals surface area contributed by atoms with Crippen LogP contribution < -0.4 is 4.74 Å². The molecular formula is C15H16ClNO2. The predicted octanol–water partition coefficient (Wildman–Crippen LogP) is 3.65. The normalized spacial score (nSPS) is 10.5. The van der Waals surface area contributed by atoms with Gasteiger partial charge in [0.1, 0.15) is 12.4 Å². The summed E-state index contributed by atoms with van der Waals surface area (Å²) in [6, 6.07) is 9.18. The van der Waals surface area contributed by atoms with Crippen LogP contribution in [0.15, 0.2) is 30.3 Å². The Hall–Kier alpha value is -1.74. The molecule has 2 aromatic rings. The van der Waals surface area contributed by atoms with Gasteiger partial charge in [-0.05, 0) is 44.2 Å². The molecule has 2 rings (SSSR count). The van der Waals surface area contributed by atoms with Crippen LogP contribution in [0.2, 0.25) is 5.02 Å². The van der Waals surface area contributed by atoms with E-state index in [0.29, 0.717) is 18.2 Å². The maximum atomic E-state index is 10.9. The number of benzene rings is 1.